The number of nitrogens with zero attached hydrogens (tertiary/aromatic N) is 1. The van der Waals surface area contributed by atoms with Crippen molar-refractivity contribution in [3.63, 3.8) is 0 Å². The number of carbonyl (C=O) groups is 2. The first kappa shape index (κ1) is 14.8. The second-order valence-corrected chi connectivity index (χ2v) is 6.48. The number of hydrogen-bond donors (Lipinski definition) is 2. The van der Waals surface area contributed by atoms with Gasteiger partial charge in [-0.3, -0.25) is 10.1 Å². The number of anilines is 1. The minimum absolute atomic E-state index is 0.141. The number of rotatable bonds is 3. The molecule has 5 nitrogen and oxygen atoms in total. The van der Waals surface area contributed by atoms with Crippen molar-refractivity contribution >= 4 is 28.3 Å². The third kappa shape index (κ3) is 4.23. The molecule has 3 amide bonds. The zero-order valence-electron chi connectivity index (χ0n) is 11.9. The van der Waals surface area contributed by atoms with Crippen LogP contribution in [-0.2, 0) is 4.79 Å². The Morgan fingerprint density at radius 1 is 1.35 bits per heavy atom. The Bertz CT molecular complexity index is 479. The molecule has 2 heterocycles. The highest BCUT2D eigenvalue weighted by Gasteiger charge is 2.20. The lowest BCUT2D eigenvalue weighted by Gasteiger charge is -2.31. The predicted octanol–water partition coefficient (Wildman–Crippen LogP) is 2.44. The van der Waals surface area contributed by atoms with Gasteiger partial charge in [-0.05, 0) is 37.8 Å². The topological polar surface area (TPSA) is 61.4 Å². The van der Waals surface area contributed by atoms with Crippen molar-refractivity contribution in [3.05, 3.63) is 17.0 Å². The van der Waals surface area contributed by atoms with Crippen LogP contribution in [-0.4, -0.2) is 36.5 Å². The summed E-state index contributed by atoms with van der Waals surface area (Å²) in [4.78, 5) is 26.0. The Kier molecular flexibility index (Phi) is 5.00. The lowest BCUT2D eigenvalue weighted by atomic mass is 9.97. The highest BCUT2D eigenvalue weighted by molar-refractivity contribution is 7.16. The van der Waals surface area contributed by atoms with E-state index in [4.69, 9.17) is 0 Å². The number of amides is 3. The van der Waals surface area contributed by atoms with Crippen LogP contribution in [0.25, 0.3) is 0 Å². The van der Waals surface area contributed by atoms with E-state index in [1.165, 1.54) is 4.88 Å². The molecule has 0 radical (unpaired) electrons. The molecule has 2 rings (SSSR count). The Morgan fingerprint density at radius 3 is 2.60 bits per heavy atom. The summed E-state index contributed by atoms with van der Waals surface area (Å²) in [5.41, 5.74) is 0. The molecule has 2 N–H and O–H groups in total. The molecule has 0 aliphatic carbocycles. The van der Waals surface area contributed by atoms with Gasteiger partial charge in [-0.15, -0.1) is 11.3 Å². The van der Waals surface area contributed by atoms with Crippen LogP contribution in [0.15, 0.2) is 12.1 Å². The number of nitrogens with one attached hydrogen (secondary N) is 2. The Hall–Kier alpha value is -1.56. The molecule has 1 aliphatic heterocycles. The number of carbonyl (C=O) groups excluding carboxylic acids is 2. The first-order valence-corrected chi connectivity index (χ1v) is 7.73. The fourth-order valence-corrected chi connectivity index (χ4v) is 3.11. The number of piperidine rings is 1. The van der Waals surface area contributed by atoms with E-state index >= 15 is 0 Å². The Morgan fingerprint density at radius 2 is 2.05 bits per heavy atom. The predicted molar refractivity (Wildman–Crippen MR) is 81.1 cm³/mol. The number of urea groups is 1. The van der Waals surface area contributed by atoms with Crippen LogP contribution in [0.2, 0.25) is 0 Å². The highest BCUT2D eigenvalue weighted by Crippen LogP contribution is 2.20. The van der Waals surface area contributed by atoms with Crippen molar-refractivity contribution in [3.8, 4) is 0 Å². The van der Waals surface area contributed by atoms with Gasteiger partial charge >= 0.3 is 6.03 Å². The standard InChI is InChI=1S/C14H21N3O2S/c1-10-3-4-13(20-10)16-14(19)15-9-12-5-7-17(8-6-12)11(2)18/h3-4,12H,5-9H2,1-2H3,(H2,15,16,19). The molecule has 0 spiro atoms. The number of aryl methyl sites for hydroxylation is 1. The third-order valence-corrected chi connectivity index (χ3v) is 4.50. The van der Waals surface area contributed by atoms with E-state index in [1.54, 1.807) is 18.3 Å². The first-order valence-electron chi connectivity index (χ1n) is 6.91. The largest absolute Gasteiger partial charge is 0.343 e. The van der Waals surface area contributed by atoms with Crippen LogP contribution in [0, 0.1) is 12.8 Å². The number of thiophene rings is 1. The van der Waals surface area contributed by atoms with Crippen molar-refractivity contribution in [2.24, 2.45) is 5.92 Å². The van der Waals surface area contributed by atoms with Crippen LogP contribution >= 0.6 is 11.3 Å². The van der Waals surface area contributed by atoms with Gasteiger partial charge in [0.05, 0.1) is 5.00 Å². The van der Waals surface area contributed by atoms with Gasteiger partial charge < -0.3 is 10.2 Å². The molecule has 0 bridgehead atoms. The maximum absolute atomic E-state index is 11.8. The Balaban J connectivity index is 1.68. The first-order chi connectivity index (χ1) is 9.54. The molecule has 1 aromatic heterocycles. The summed E-state index contributed by atoms with van der Waals surface area (Å²) in [6.45, 7) is 5.88. The normalized spacial score (nSPS) is 16.0. The summed E-state index contributed by atoms with van der Waals surface area (Å²) in [6, 6.07) is 3.74. The zero-order valence-corrected chi connectivity index (χ0v) is 12.8. The van der Waals surface area contributed by atoms with Crippen molar-refractivity contribution in [1.29, 1.82) is 0 Å². The molecule has 0 unspecified atom stereocenters. The van der Waals surface area contributed by atoms with E-state index in [0.717, 1.165) is 30.9 Å². The smallest absolute Gasteiger partial charge is 0.319 e. The minimum Gasteiger partial charge on any atom is -0.343 e. The third-order valence-electron chi connectivity index (χ3n) is 3.59. The molecule has 0 saturated carbocycles. The average Bonchev–Trinajstić information content (AvgIpc) is 2.82. The molecule has 1 aromatic rings. The van der Waals surface area contributed by atoms with E-state index in [1.807, 2.05) is 24.0 Å². The van der Waals surface area contributed by atoms with E-state index in [9.17, 15) is 9.59 Å². The molecule has 20 heavy (non-hydrogen) atoms. The lowest BCUT2D eigenvalue weighted by molar-refractivity contribution is -0.130. The van der Waals surface area contributed by atoms with E-state index < -0.39 is 0 Å². The van der Waals surface area contributed by atoms with Crippen molar-refractivity contribution in [2.45, 2.75) is 26.7 Å². The maximum atomic E-state index is 11.8. The molecular formula is C14H21N3O2S. The van der Waals surface area contributed by atoms with Gasteiger partial charge in [0.25, 0.3) is 0 Å². The van der Waals surface area contributed by atoms with Crippen LogP contribution < -0.4 is 10.6 Å². The van der Waals surface area contributed by atoms with Crippen molar-refractivity contribution in [1.82, 2.24) is 10.2 Å². The number of hydrogen-bond acceptors (Lipinski definition) is 3. The van der Waals surface area contributed by atoms with E-state index in [-0.39, 0.29) is 11.9 Å². The minimum atomic E-state index is -0.152. The lowest BCUT2D eigenvalue weighted by Crippen LogP contribution is -2.41. The summed E-state index contributed by atoms with van der Waals surface area (Å²) >= 11 is 1.56. The zero-order chi connectivity index (χ0) is 14.5. The average molecular weight is 295 g/mol. The van der Waals surface area contributed by atoms with Gasteiger partial charge in [0, 0.05) is 31.4 Å². The Labute approximate surface area is 123 Å². The molecule has 1 saturated heterocycles. The number of likely N-dealkylation sites (tertiary alicyclic amines) is 1. The molecule has 0 aromatic carbocycles. The van der Waals surface area contributed by atoms with Gasteiger partial charge in [-0.2, -0.15) is 0 Å². The summed E-state index contributed by atoms with van der Waals surface area (Å²) in [5, 5.41) is 6.61. The second-order valence-electron chi connectivity index (χ2n) is 5.19. The summed E-state index contributed by atoms with van der Waals surface area (Å²) in [6.07, 6.45) is 1.91. The summed E-state index contributed by atoms with van der Waals surface area (Å²) < 4.78 is 0. The van der Waals surface area contributed by atoms with Gasteiger partial charge in [0.15, 0.2) is 0 Å². The maximum Gasteiger partial charge on any atom is 0.319 e. The molecule has 110 valence electrons. The molecule has 1 aliphatic rings. The summed E-state index contributed by atoms with van der Waals surface area (Å²) in [5.74, 6) is 0.601. The quantitative estimate of drug-likeness (QED) is 0.899. The fraction of sp³-hybridized carbons (Fsp3) is 0.571. The van der Waals surface area contributed by atoms with E-state index in [2.05, 4.69) is 10.6 Å². The molecule has 0 atom stereocenters. The molecule has 1 fully saturated rings. The second kappa shape index (κ2) is 6.74. The monoisotopic (exact) mass is 295 g/mol. The summed E-state index contributed by atoms with van der Waals surface area (Å²) in [7, 11) is 0. The molecular weight excluding hydrogens is 274 g/mol. The van der Waals surface area contributed by atoms with Crippen molar-refractivity contribution < 1.29 is 9.59 Å². The van der Waals surface area contributed by atoms with Crippen molar-refractivity contribution in [2.75, 3.05) is 25.0 Å². The highest BCUT2D eigenvalue weighted by atomic mass is 32.1. The molecule has 6 heteroatoms. The van der Waals surface area contributed by atoms with Crippen LogP contribution in [0.4, 0.5) is 9.80 Å². The van der Waals surface area contributed by atoms with Crippen LogP contribution in [0.5, 0.6) is 0 Å². The van der Waals surface area contributed by atoms with Gasteiger partial charge in [-0.25, -0.2) is 4.79 Å². The SMILES string of the molecule is CC(=O)N1CCC(CNC(=O)Nc2ccc(C)s2)CC1. The van der Waals surface area contributed by atoms with Gasteiger partial charge in [-0.1, -0.05) is 0 Å². The van der Waals surface area contributed by atoms with Gasteiger partial charge in [0.1, 0.15) is 0 Å². The fourth-order valence-electron chi connectivity index (χ4n) is 2.35. The van der Waals surface area contributed by atoms with Crippen LogP contribution in [0.1, 0.15) is 24.6 Å². The van der Waals surface area contributed by atoms with Crippen LogP contribution in [0.3, 0.4) is 0 Å². The van der Waals surface area contributed by atoms with E-state index in [0.29, 0.717) is 12.5 Å². The van der Waals surface area contributed by atoms with Gasteiger partial charge in [0.2, 0.25) is 5.91 Å².